The SMILES string of the molecule is COCCOc1ccc(C(F)(F)F)cc1NC(=O)COC(=O)CN1C(=O)CCC1=O. The fourth-order valence-corrected chi connectivity index (χ4v) is 2.47. The van der Waals surface area contributed by atoms with Crippen molar-refractivity contribution in [2.24, 2.45) is 0 Å². The van der Waals surface area contributed by atoms with Gasteiger partial charge in [0, 0.05) is 20.0 Å². The molecule has 1 aromatic carbocycles. The summed E-state index contributed by atoms with van der Waals surface area (Å²) in [5, 5.41) is 2.19. The molecule has 0 radical (unpaired) electrons. The van der Waals surface area contributed by atoms with Gasteiger partial charge in [-0.3, -0.25) is 24.1 Å². The lowest BCUT2D eigenvalue weighted by molar-refractivity contribution is -0.153. The molecule has 1 saturated heterocycles. The van der Waals surface area contributed by atoms with E-state index in [9.17, 15) is 32.3 Å². The van der Waals surface area contributed by atoms with Crippen molar-refractivity contribution in [1.82, 2.24) is 4.90 Å². The number of benzene rings is 1. The Balaban J connectivity index is 1.98. The number of ether oxygens (including phenoxy) is 3. The molecule has 1 N–H and O–H groups in total. The molecule has 2 rings (SSSR count). The molecular weight excluding hydrogens is 413 g/mol. The Kier molecular flexibility index (Phi) is 7.75. The molecule has 3 amide bonds. The minimum absolute atomic E-state index is 0.00596. The van der Waals surface area contributed by atoms with Gasteiger partial charge in [-0.15, -0.1) is 0 Å². The third kappa shape index (κ3) is 6.44. The number of esters is 1. The summed E-state index contributed by atoms with van der Waals surface area (Å²) in [5.74, 6) is -3.02. The van der Waals surface area contributed by atoms with Gasteiger partial charge in [-0.2, -0.15) is 13.2 Å². The Morgan fingerprint density at radius 2 is 1.80 bits per heavy atom. The van der Waals surface area contributed by atoms with Crippen LogP contribution in [0, 0.1) is 0 Å². The van der Waals surface area contributed by atoms with Crippen LogP contribution in [0.3, 0.4) is 0 Å². The highest BCUT2D eigenvalue weighted by Crippen LogP contribution is 2.35. The van der Waals surface area contributed by atoms with Gasteiger partial charge >= 0.3 is 12.1 Å². The number of alkyl halides is 3. The van der Waals surface area contributed by atoms with Gasteiger partial charge < -0.3 is 19.5 Å². The number of nitrogens with zero attached hydrogens (tertiary/aromatic N) is 1. The molecule has 0 atom stereocenters. The Labute approximate surface area is 169 Å². The van der Waals surface area contributed by atoms with Gasteiger partial charge in [-0.05, 0) is 18.2 Å². The minimum atomic E-state index is -4.65. The summed E-state index contributed by atoms with van der Waals surface area (Å²) in [5.41, 5.74) is -1.29. The molecule has 0 aromatic heterocycles. The minimum Gasteiger partial charge on any atom is -0.489 e. The highest BCUT2D eigenvalue weighted by atomic mass is 19.4. The van der Waals surface area contributed by atoms with Crippen molar-refractivity contribution < 1.29 is 46.6 Å². The molecule has 0 bridgehead atoms. The van der Waals surface area contributed by atoms with Crippen molar-refractivity contribution in [3.8, 4) is 5.75 Å². The van der Waals surface area contributed by atoms with E-state index in [0.29, 0.717) is 6.07 Å². The molecule has 1 aliphatic rings. The largest absolute Gasteiger partial charge is 0.489 e. The van der Waals surface area contributed by atoms with E-state index in [1.165, 1.54) is 7.11 Å². The molecule has 9 nitrogen and oxygen atoms in total. The monoisotopic (exact) mass is 432 g/mol. The van der Waals surface area contributed by atoms with Crippen LogP contribution in [-0.2, 0) is 34.8 Å². The second-order valence-corrected chi connectivity index (χ2v) is 6.13. The summed E-state index contributed by atoms with van der Waals surface area (Å²) in [6.07, 6.45) is -4.66. The first-order valence-electron chi connectivity index (χ1n) is 8.73. The number of anilines is 1. The third-order valence-corrected chi connectivity index (χ3v) is 3.93. The molecule has 0 saturated carbocycles. The molecule has 0 unspecified atom stereocenters. The normalized spacial score (nSPS) is 14.1. The number of likely N-dealkylation sites (tertiary alicyclic amines) is 1. The Hall–Kier alpha value is -3.15. The topological polar surface area (TPSA) is 111 Å². The number of hydrogen-bond acceptors (Lipinski definition) is 7. The number of rotatable bonds is 9. The van der Waals surface area contributed by atoms with Crippen LogP contribution < -0.4 is 10.1 Å². The lowest BCUT2D eigenvalue weighted by atomic mass is 10.1. The van der Waals surface area contributed by atoms with E-state index in [0.717, 1.165) is 17.0 Å². The van der Waals surface area contributed by atoms with Crippen molar-refractivity contribution in [2.75, 3.05) is 38.8 Å². The maximum absolute atomic E-state index is 13.0. The quantitative estimate of drug-likeness (QED) is 0.356. The number of nitrogens with one attached hydrogen (secondary N) is 1. The van der Waals surface area contributed by atoms with E-state index in [-0.39, 0.29) is 37.5 Å². The lowest BCUT2D eigenvalue weighted by Gasteiger charge is -2.16. The zero-order chi connectivity index (χ0) is 22.3. The Bertz CT molecular complexity index is 810. The molecule has 1 aromatic rings. The van der Waals surface area contributed by atoms with Crippen LogP contribution in [-0.4, -0.2) is 62.1 Å². The fraction of sp³-hybridized carbons (Fsp3) is 0.444. The maximum Gasteiger partial charge on any atom is 0.416 e. The van der Waals surface area contributed by atoms with Crippen molar-refractivity contribution in [3.05, 3.63) is 23.8 Å². The first-order chi connectivity index (χ1) is 14.1. The highest BCUT2D eigenvalue weighted by Gasteiger charge is 2.32. The fourth-order valence-electron chi connectivity index (χ4n) is 2.47. The second kappa shape index (κ2) is 10.1. The summed E-state index contributed by atoms with van der Waals surface area (Å²) in [6.45, 7) is -1.28. The first-order valence-corrected chi connectivity index (χ1v) is 8.73. The van der Waals surface area contributed by atoms with Gasteiger partial charge in [0.05, 0.1) is 17.9 Å². The van der Waals surface area contributed by atoms with Gasteiger partial charge in [0.25, 0.3) is 5.91 Å². The number of carbonyl (C=O) groups excluding carboxylic acids is 4. The average Bonchev–Trinajstić information content (AvgIpc) is 2.99. The van der Waals surface area contributed by atoms with Crippen molar-refractivity contribution >= 4 is 29.4 Å². The number of imide groups is 1. The van der Waals surface area contributed by atoms with Crippen LogP contribution >= 0.6 is 0 Å². The summed E-state index contributed by atoms with van der Waals surface area (Å²) < 4.78 is 53.6. The van der Waals surface area contributed by atoms with Gasteiger partial charge in [-0.1, -0.05) is 0 Å². The molecule has 0 aliphatic carbocycles. The summed E-state index contributed by atoms with van der Waals surface area (Å²) in [4.78, 5) is 47.4. The predicted molar refractivity (Wildman–Crippen MR) is 94.4 cm³/mol. The number of carbonyl (C=O) groups is 4. The van der Waals surface area contributed by atoms with Crippen molar-refractivity contribution in [2.45, 2.75) is 19.0 Å². The Morgan fingerprint density at radius 3 is 2.40 bits per heavy atom. The van der Waals surface area contributed by atoms with E-state index >= 15 is 0 Å². The molecular formula is C18H19F3N2O7. The van der Waals surface area contributed by atoms with Crippen LogP contribution in [0.2, 0.25) is 0 Å². The molecule has 12 heteroatoms. The van der Waals surface area contributed by atoms with Gasteiger partial charge in [0.15, 0.2) is 6.61 Å². The number of methoxy groups -OCH3 is 1. The zero-order valence-corrected chi connectivity index (χ0v) is 15.9. The van der Waals surface area contributed by atoms with Gasteiger partial charge in [0.1, 0.15) is 18.9 Å². The van der Waals surface area contributed by atoms with Crippen molar-refractivity contribution in [3.63, 3.8) is 0 Å². The smallest absolute Gasteiger partial charge is 0.416 e. The third-order valence-electron chi connectivity index (χ3n) is 3.93. The van der Waals surface area contributed by atoms with E-state index in [1.54, 1.807) is 0 Å². The maximum atomic E-state index is 13.0. The van der Waals surface area contributed by atoms with Crippen LogP contribution in [0.15, 0.2) is 18.2 Å². The summed E-state index contributed by atoms with van der Waals surface area (Å²) >= 11 is 0. The molecule has 1 fully saturated rings. The van der Waals surface area contributed by atoms with Crippen LogP contribution in [0.4, 0.5) is 18.9 Å². The summed E-state index contributed by atoms with van der Waals surface area (Å²) in [6, 6.07) is 2.52. The first kappa shape index (κ1) is 23.1. The Morgan fingerprint density at radius 1 is 1.13 bits per heavy atom. The highest BCUT2D eigenvalue weighted by molar-refractivity contribution is 6.04. The van der Waals surface area contributed by atoms with Crippen LogP contribution in [0.1, 0.15) is 18.4 Å². The van der Waals surface area contributed by atoms with Gasteiger partial charge in [-0.25, -0.2) is 0 Å². The van der Waals surface area contributed by atoms with Crippen LogP contribution in [0.5, 0.6) is 5.75 Å². The molecule has 30 heavy (non-hydrogen) atoms. The second-order valence-electron chi connectivity index (χ2n) is 6.13. The zero-order valence-electron chi connectivity index (χ0n) is 15.9. The standard InChI is InChI=1S/C18H19F3N2O7/c1-28-6-7-29-13-3-2-11(18(19,20)21)8-12(13)22-14(24)10-30-17(27)9-23-15(25)4-5-16(23)26/h2-3,8H,4-7,9-10H2,1H3,(H,22,24). The number of amides is 3. The van der Waals surface area contributed by atoms with E-state index in [4.69, 9.17) is 14.2 Å². The number of halogens is 3. The van der Waals surface area contributed by atoms with E-state index < -0.39 is 48.6 Å². The molecule has 0 spiro atoms. The van der Waals surface area contributed by atoms with Crippen LogP contribution in [0.25, 0.3) is 0 Å². The number of hydrogen-bond donors (Lipinski definition) is 1. The average molecular weight is 432 g/mol. The van der Waals surface area contributed by atoms with E-state index in [2.05, 4.69) is 5.32 Å². The molecule has 164 valence electrons. The summed E-state index contributed by atoms with van der Waals surface area (Å²) in [7, 11) is 1.41. The molecule has 1 heterocycles. The van der Waals surface area contributed by atoms with Gasteiger partial charge in [0.2, 0.25) is 11.8 Å². The van der Waals surface area contributed by atoms with E-state index in [1.807, 2.05) is 0 Å². The molecule has 1 aliphatic heterocycles. The predicted octanol–water partition coefficient (Wildman–Crippen LogP) is 1.36. The lowest BCUT2D eigenvalue weighted by Crippen LogP contribution is -2.36. The van der Waals surface area contributed by atoms with Crippen molar-refractivity contribution in [1.29, 1.82) is 0 Å².